The molecule has 120 valence electrons. The number of hydrogen-bond donors (Lipinski definition) is 1. The van der Waals surface area contributed by atoms with Gasteiger partial charge < -0.3 is 14.4 Å². The highest BCUT2D eigenvalue weighted by molar-refractivity contribution is 8.00. The smallest absolute Gasteiger partial charge is 0.0968 e. The summed E-state index contributed by atoms with van der Waals surface area (Å²) in [6, 6.07) is 15.0. The average Bonchev–Trinajstić information content (AvgIpc) is 2.67. The Kier molecular flexibility index (Phi) is 3.35. The molecule has 0 atom stereocenters. The van der Waals surface area contributed by atoms with Gasteiger partial charge in [-0.2, -0.15) is 0 Å². The lowest BCUT2D eigenvalue weighted by Gasteiger charge is -2.32. The lowest BCUT2D eigenvalue weighted by Crippen LogP contribution is -2.36. The molecule has 0 saturated carbocycles. The zero-order valence-electron chi connectivity index (χ0n) is 13.2. The summed E-state index contributed by atoms with van der Waals surface area (Å²) in [4.78, 5) is 8.36. The van der Waals surface area contributed by atoms with Crippen LogP contribution < -0.4 is 9.62 Å². The Hall–Kier alpha value is -2.24. The largest absolute Gasteiger partial charge is 0.378 e. The van der Waals surface area contributed by atoms with Crippen LogP contribution in [-0.2, 0) is 4.74 Å². The van der Waals surface area contributed by atoms with Crippen LogP contribution in [-0.4, -0.2) is 31.3 Å². The van der Waals surface area contributed by atoms with Crippen molar-refractivity contribution in [3.63, 3.8) is 0 Å². The van der Waals surface area contributed by atoms with Crippen LogP contribution in [0.25, 0.3) is 22.0 Å². The zero-order valence-corrected chi connectivity index (χ0v) is 14.0. The van der Waals surface area contributed by atoms with Crippen molar-refractivity contribution < 1.29 is 4.74 Å². The molecule has 1 fully saturated rings. The summed E-state index contributed by atoms with van der Waals surface area (Å²) >= 11 is 1.66. The molecule has 0 amide bonds. The molecule has 0 unspecified atom stereocenters. The molecule has 5 heteroatoms. The van der Waals surface area contributed by atoms with E-state index in [4.69, 9.17) is 4.74 Å². The van der Waals surface area contributed by atoms with Crippen LogP contribution in [0.15, 0.2) is 53.6 Å². The quantitative estimate of drug-likeness (QED) is 0.676. The number of anilines is 2. The first-order valence-corrected chi connectivity index (χ1v) is 9.00. The molecule has 1 aromatic heterocycles. The maximum atomic E-state index is 5.53. The average molecular weight is 335 g/mol. The second-order valence-corrected chi connectivity index (χ2v) is 6.87. The van der Waals surface area contributed by atoms with Gasteiger partial charge in [-0.3, -0.25) is 4.98 Å². The summed E-state index contributed by atoms with van der Waals surface area (Å²) in [5.41, 5.74) is 5.92. The van der Waals surface area contributed by atoms with Crippen molar-refractivity contribution >= 4 is 34.2 Å². The first-order valence-electron chi connectivity index (χ1n) is 8.18. The summed E-state index contributed by atoms with van der Waals surface area (Å²) in [6.45, 7) is 3.41. The lowest BCUT2D eigenvalue weighted by molar-refractivity contribution is 0.123. The van der Waals surface area contributed by atoms with Crippen LogP contribution in [0.4, 0.5) is 11.4 Å². The minimum atomic E-state index is 0.781. The van der Waals surface area contributed by atoms with Gasteiger partial charge in [0.25, 0.3) is 0 Å². The lowest BCUT2D eigenvalue weighted by atomic mass is 9.98. The number of nitrogens with one attached hydrogen (secondary N) is 1. The summed E-state index contributed by atoms with van der Waals surface area (Å²) in [5.74, 6) is 0. The molecular weight excluding hydrogens is 318 g/mol. The van der Waals surface area contributed by atoms with Gasteiger partial charge >= 0.3 is 0 Å². The number of pyridine rings is 1. The number of aromatic nitrogens is 1. The topological polar surface area (TPSA) is 37.4 Å². The van der Waals surface area contributed by atoms with Gasteiger partial charge in [-0.15, -0.1) is 0 Å². The molecule has 0 aliphatic carbocycles. The van der Waals surface area contributed by atoms with E-state index < -0.39 is 0 Å². The van der Waals surface area contributed by atoms with E-state index in [-0.39, 0.29) is 0 Å². The SMILES string of the molecule is c1ccc2c(c1)SNc1c-2cc(N2CCOCC2)c2cccnc12. The standard InChI is InChI=1S/C19H17N3OS/c1-2-6-17-13(4-1)15-12-16(22-8-10-23-11-9-22)14-5-3-7-20-18(14)19(15)21-24-17/h1-7,12,21H,8-11H2. The molecule has 0 radical (unpaired) electrons. The number of morpholine rings is 1. The third-order valence-corrected chi connectivity index (χ3v) is 5.55. The third kappa shape index (κ3) is 2.16. The zero-order chi connectivity index (χ0) is 15.9. The van der Waals surface area contributed by atoms with Crippen molar-refractivity contribution in [3.8, 4) is 11.1 Å². The Morgan fingerprint density at radius 1 is 1.04 bits per heavy atom. The Labute approximate surface area is 145 Å². The van der Waals surface area contributed by atoms with Gasteiger partial charge in [0, 0.05) is 40.8 Å². The van der Waals surface area contributed by atoms with Gasteiger partial charge in [0.15, 0.2) is 0 Å². The summed E-state index contributed by atoms with van der Waals surface area (Å²) in [7, 11) is 0. The summed E-state index contributed by atoms with van der Waals surface area (Å²) in [6.07, 6.45) is 1.87. The number of ether oxygens (including phenoxy) is 1. The molecule has 3 heterocycles. The van der Waals surface area contributed by atoms with Gasteiger partial charge in [0.1, 0.15) is 0 Å². The third-order valence-electron chi connectivity index (χ3n) is 4.66. The predicted molar refractivity (Wildman–Crippen MR) is 99.7 cm³/mol. The van der Waals surface area contributed by atoms with Gasteiger partial charge in [0.05, 0.1) is 24.4 Å². The molecule has 5 rings (SSSR count). The van der Waals surface area contributed by atoms with E-state index in [0.29, 0.717) is 0 Å². The van der Waals surface area contributed by atoms with E-state index in [1.54, 1.807) is 11.9 Å². The van der Waals surface area contributed by atoms with Gasteiger partial charge in [-0.05, 0) is 41.8 Å². The van der Waals surface area contributed by atoms with E-state index in [1.165, 1.54) is 27.1 Å². The molecule has 0 spiro atoms. The van der Waals surface area contributed by atoms with Crippen molar-refractivity contribution in [1.82, 2.24) is 4.98 Å². The molecular formula is C19H17N3OS. The number of rotatable bonds is 1. The van der Waals surface area contributed by atoms with Gasteiger partial charge in [0.2, 0.25) is 0 Å². The minimum Gasteiger partial charge on any atom is -0.378 e. The normalized spacial score (nSPS) is 16.4. The Morgan fingerprint density at radius 3 is 2.83 bits per heavy atom. The second kappa shape index (κ2) is 5.69. The van der Waals surface area contributed by atoms with E-state index in [0.717, 1.165) is 37.5 Å². The fourth-order valence-electron chi connectivity index (χ4n) is 3.49. The summed E-state index contributed by atoms with van der Waals surface area (Å²) < 4.78 is 9.03. The fourth-order valence-corrected chi connectivity index (χ4v) is 4.34. The van der Waals surface area contributed by atoms with Gasteiger partial charge in [-0.25, -0.2) is 0 Å². The molecule has 0 bridgehead atoms. The van der Waals surface area contributed by atoms with Crippen molar-refractivity contribution in [2.75, 3.05) is 35.9 Å². The predicted octanol–water partition coefficient (Wildman–Crippen LogP) is 4.17. The van der Waals surface area contributed by atoms with E-state index in [2.05, 4.69) is 51.0 Å². The molecule has 4 nitrogen and oxygen atoms in total. The molecule has 2 aliphatic rings. The van der Waals surface area contributed by atoms with Gasteiger partial charge in [-0.1, -0.05) is 18.2 Å². The second-order valence-electron chi connectivity index (χ2n) is 6.02. The summed E-state index contributed by atoms with van der Waals surface area (Å²) in [5, 5.41) is 1.20. The maximum Gasteiger partial charge on any atom is 0.0968 e. The van der Waals surface area contributed by atoms with E-state index in [9.17, 15) is 0 Å². The van der Waals surface area contributed by atoms with Crippen LogP contribution in [0.2, 0.25) is 0 Å². The highest BCUT2D eigenvalue weighted by Crippen LogP contribution is 2.47. The number of hydrogen-bond acceptors (Lipinski definition) is 5. The first-order chi connectivity index (χ1) is 11.9. The van der Waals surface area contributed by atoms with Crippen LogP contribution in [0.1, 0.15) is 0 Å². The van der Waals surface area contributed by atoms with E-state index >= 15 is 0 Å². The minimum absolute atomic E-state index is 0.781. The number of fused-ring (bicyclic) bond motifs is 5. The Morgan fingerprint density at radius 2 is 1.92 bits per heavy atom. The van der Waals surface area contributed by atoms with Crippen LogP contribution in [0, 0.1) is 0 Å². The molecule has 1 saturated heterocycles. The van der Waals surface area contributed by atoms with Crippen LogP contribution in [0.5, 0.6) is 0 Å². The highest BCUT2D eigenvalue weighted by atomic mass is 32.2. The first kappa shape index (κ1) is 14.1. The molecule has 24 heavy (non-hydrogen) atoms. The van der Waals surface area contributed by atoms with Crippen molar-refractivity contribution in [1.29, 1.82) is 0 Å². The molecule has 2 aliphatic heterocycles. The molecule has 3 aromatic rings. The monoisotopic (exact) mass is 335 g/mol. The van der Waals surface area contributed by atoms with E-state index in [1.807, 2.05) is 12.3 Å². The van der Waals surface area contributed by atoms with Crippen molar-refractivity contribution in [2.24, 2.45) is 0 Å². The van der Waals surface area contributed by atoms with Crippen molar-refractivity contribution in [2.45, 2.75) is 4.90 Å². The molecule has 1 N–H and O–H groups in total. The highest BCUT2D eigenvalue weighted by Gasteiger charge is 2.23. The van der Waals surface area contributed by atoms with Crippen LogP contribution >= 0.6 is 11.9 Å². The Balaban J connectivity index is 1.79. The van der Waals surface area contributed by atoms with Crippen LogP contribution in [0.3, 0.4) is 0 Å². The molecule has 2 aromatic carbocycles. The fraction of sp³-hybridized carbons (Fsp3) is 0.211. The van der Waals surface area contributed by atoms with Crippen molar-refractivity contribution in [3.05, 3.63) is 48.7 Å². The number of nitrogens with zero attached hydrogens (tertiary/aromatic N) is 2. The Bertz CT molecular complexity index is 922. The maximum absolute atomic E-state index is 5.53. The number of benzene rings is 2.